The van der Waals surface area contributed by atoms with Gasteiger partial charge in [-0.25, -0.2) is 0 Å². The minimum Gasteiger partial charge on any atom is -0.494 e. The minimum absolute atomic E-state index is 0.167. The molecule has 0 saturated carbocycles. The van der Waals surface area contributed by atoms with E-state index in [9.17, 15) is 4.79 Å². The Hall–Kier alpha value is -0.450. The van der Waals surface area contributed by atoms with Gasteiger partial charge in [0.2, 0.25) is 0 Å². The first kappa shape index (κ1) is 18.6. The number of ether oxygens (including phenoxy) is 2. The number of carbonyl (C=O) groups excluding carboxylic acids is 1. The number of hydrogen-bond donors (Lipinski definition) is 0. The van der Waals surface area contributed by atoms with Crippen LogP contribution in [0.2, 0.25) is 10.0 Å². The molecule has 19 heavy (non-hydrogen) atoms. The Labute approximate surface area is 132 Å². The number of Topliss-reactive ketones (excluding diaryl/α,β-unsaturated/α-hetero) is 1. The van der Waals surface area contributed by atoms with E-state index in [2.05, 4.69) is 15.9 Å². The monoisotopic (exact) mass is 370 g/mol. The van der Waals surface area contributed by atoms with Gasteiger partial charge in [-0.1, -0.05) is 30.1 Å². The summed E-state index contributed by atoms with van der Waals surface area (Å²) in [4.78, 5) is 9.44. The molecule has 0 aliphatic heterocycles. The lowest BCUT2D eigenvalue weighted by molar-refractivity contribution is -0.114. The van der Waals surface area contributed by atoms with Crippen LogP contribution >= 0.6 is 39.1 Å². The number of ketones is 1. The van der Waals surface area contributed by atoms with E-state index in [4.69, 9.17) is 32.7 Å². The topological polar surface area (TPSA) is 35.5 Å². The maximum atomic E-state index is 9.44. The molecule has 0 spiro atoms. The number of rotatable bonds is 3. The molecule has 0 fully saturated rings. The normalized spacial score (nSPS) is 9.47. The molecule has 1 rings (SSSR count). The maximum absolute atomic E-state index is 9.44. The van der Waals surface area contributed by atoms with Gasteiger partial charge in [0.15, 0.2) is 11.5 Å². The molecule has 0 saturated heterocycles. The van der Waals surface area contributed by atoms with Gasteiger partial charge in [0.1, 0.15) is 10.3 Å². The summed E-state index contributed by atoms with van der Waals surface area (Å²) in [6, 6.07) is 0. The second-order valence-corrected chi connectivity index (χ2v) is 5.30. The van der Waals surface area contributed by atoms with E-state index in [-0.39, 0.29) is 5.78 Å². The molecule has 3 nitrogen and oxygen atoms in total. The molecule has 0 N–H and O–H groups in total. The van der Waals surface area contributed by atoms with Crippen molar-refractivity contribution in [2.45, 2.75) is 27.2 Å². The summed E-state index contributed by atoms with van der Waals surface area (Å²) < 4.78 is 11.0. The largest absolute Gasteiger partial charge is 0.494 e. The molecule has 6 heteroatoms. The van der Waals surface area contributed by atoms with Crippen LogP contribution in [0.1, 0.15) is 26.3 Å². The van der Waals surface area contributed by atoms with Gasteiger partial charge >= 0.3 is 0 Å². The summed E-state index contributed by atoms with van der Waals surface area (Å²) in [5.74, 6) is 1.27. The quantitative estimate of drug-likeness (QED) is 0.755. The Morgan fingerprint density at radius 1 is 1.11 bits per heavy atom. The lowest BCUT2D eigenvalue weighted by atomic mass is 10.1. The van der Waals surface area contributed by atoms with Crippen molar-refractivity contribution >= 4 is 44.9 Å². The van der Waals surface area contributed by atoms with E-state index < -0.39 is 0 Å². The van der Waals surface area contributed by atoms with Crippen molar-refractivity contribution in [1.29, 1.82) is 0 Å². The zero-order chi connectivity index (χ0) is 15.2. The van der Waals surface area contributed by atoms with Crippen LogP contribution in [0.25, 0.3) is 0 Å². The van der Waals surface area contributed by atoms with Crippen LogP contribution < -0.4 is 9.47 Å². The van der Waals surface area contributed by atoms with Crippen LogP contribution in [-0.4, -0.2) is 20.0 Å². The van der Waals surface area contributed by atoms with Crippen molar-refractivity contribution in [2.24, 2.45) is 0 Å². The highest BCUT2D eigenvalue weighted by molar-refractivity contribution is 9.10. The minimum atomic E-state index is 0.167. The smallest absolute Gasteiger partial charge is 0.155 e. The van der Waals surface area contributed by atoms with Crippen LogP contribution in [0.4, 0.5) is 0 Å². The van der Waals surface area contributed by atoms with Gasteiger partial charge in [-0.05, 0) is 41.8 Å². The van der Waals surface area contributed by atoms with Crippen LogP contribution in [0, 0.1) is 0 Å². The molecule has 108 valence electrons. The van der Waals surface area contributed by atoms with Crippen molar-refractivity contribution in [3.05, 3.63) is 20.1 Å². The summed E-state index contributed by atoms with van der Waals surface area (Å²) in [6.45, 7) is 5.03. The van der Waals surface area contributed by atoms with E-state index in [1.54, 1.807) is 14.2 Å². The van der Waals surface area contributed by atoms with E-state index >= 15 is 0 Å². The molecule has 0 atom stereocenters. The van der Waals surface area contributed by atoms with E-state index in [0.29, 0.717) is 26.0 Å². The first-order valence-electron chi connectivity index (χ1n) is 5.56. The third-order valence-corrected chi connectivity index (χ3v) is 3.61. The fraction of sp³-hybridized carbons (Fsp3) is 0.462. The van der Waals surface area contributed by atoms with Gasteiger partial charge in [-0.3, -0.25) is 0 Å². The van der Waals surface area contributed by atoms with E-state index in [1.807, 2.05) is 6.92 Å². The van der Waals surface area contributed by atoms with Crippen LogP contribution in [0.3, 0.4) is 0 Å². The Kier molecular flexibility index (Phi) is 8.46. The molecule has 1 aromatic carbocycles. The number of carbonyl (C=O) groups is 1. The summed E-state index contributed by atoms with van der Waals surface area (Å²) in [7, 11) is 3.11. The number of hydrogen-bond acceptors (Lipinski definition) is 3. The Bertz CT molecular complexity index is 379. The fourth-order valence-electron chi connectivity index (χ4n) is 1.34. The third kappa shape index (κ3) is 4.86. The first-order valence-corrected chi connectivity index (χ1v) is 7.11. The number of benzene rings is 1. The van der Waals surface area contributed by atoms with Crippen molar-refractivity contribution < 1.29 is 14.3 Å². The van der Waals surface area contributed by atoms with Crippen LogP contribution in [0.5, 0.6) is 11.5 Å². The highest BCUT2D eigenvalue weighted by atomic mass is 79.9. The molecule has 0 amide bonds. The zero-order valence-corrected chi connectivity index (χ0v) is 14.7. The molecule has 0 aliphatic carbocycles. The van der Waals surface area contributed by atoms with Gasteiger partial charge in [0, 0.05) is 0 Å². The fourth-order valence-corrected chi connectivity index (χ4v) is 3.13. The van der Waals surface area contributed by atoms with Gasteiger partial charge in [0.05, 0.1) is 24.3 Å². The van der Waals surface area contributed by atoms with E-state index in [0.717, 1.165) is 12.0 Å². The highest BCUT2D eigenvalue weighted by Crippen LogP contribution is 2.47. The standard InChI is InChI=1S/C10H11BrCl2O2.C3H6O/c1-4-5-7(12)9(14-2)6(11)10(15-3)8(5)13;1-3(2)4/h4H2,1-3H3;1-2H3. The molecule has 0 bridgehead atoms. The number of methoxy groups -OCH3 is 2. The third-order valence-electron chi connectivity index (χ3n) is 2.09. The van der Waals surface area contributed by atoms with Gasteiger partial charge in [-0.2, -0.15) is 0 Å². The van der Waals surface area contributed by atoms with Gasteiger partial charge in [0.25, 0.3) is 0 Å². The van der Waals surface area contributed by atoms with Crippen LogP contribution in [-0.2, 0) is 11.2 Å². The predicted molar refractivity (Wildman–Crippen MR) is 83.0 cm³/mol. The Balaban J connectivity index is 0.000000711. The predicted octanol–water partition coefficient (Wildman–Crippen LogP) is 4.93. The average Bonchev–Trinajstić information content (AvgIpc) is 2.30. The Morgan fingerprint density at radius 3 is 1.63 bits per heavy atom. The summed E-state index contributed by atoms with van der Waals surface area (Å²) in [6.07, 6.45) is 0.720. The molecule has 0 radical (unpaired) electrons. The molecule has 0 heterocycles. The van der Waals surface area contributed by atoms with Crippen molar-refractivity contribution in [2.75, 3.05) is 14.2 Å². The molecule has 0 aliphatic rings. The molecule has 1 aromatic rings. The Morgan fingerprint density at radius 2 is 1.42 bits per heavy atom. The zero-order valence-electron chi connectivity index (χ0n) is 11.6. The summed E-state index contributed by atoms with van der Waals surface area (Å²) >= 11 is 15.7. The lowest BCUT2D eigenvalue weighted by Gasteiger charge is -2.15. The first-order chi connectivity index (χ1) is 8.81. The van der Waals surface area contributed by atoms with E-state index in [1.165, 1.54) is 13.8 Å². The SMILES string of the molecule is CC(C)=O.CCc1c(Cl)c(OC)c(Br)c(OC)c1Cl. The van der Waals surface area contributed by atoms with Crippen molar-refractivity contribution in [3.8, 4) is 11.5 Å². The summed E-state index contributed by atoms with van der Waals surface area (Å²) in [5, 5.41) is 1.05. The summed E-state index contributed by atoms with van der Waals surface area (Å²) in [5.41, 5.74) is 0.829. The second-order valence-electron chi connectivity index (χ2n) is 3.75. The van der Waals surface area contributed by atoms with Gasteiger partial charge < -0.3 is 14.3 Å². The lowest BCUT2D eigenvalue weighted by Crippen LogP contribution is -1.96. The molecular formula is C13H17BrCl2O3. The van der Waals surface area contributed by atoms with Crippen molar-refractivity contribution in [3.63, 3.8) is 0 Å². The molecular weight excluding hydrogens is 355 g/mol. The number of halogens is 3. The van der Waals surface area contributed by atoms with Gasteiger partial charge in [-0.15, -0.1) is 0 Å². The molecule has 0 unspecified atom stereocenters. The maximum Gasteiger partial charge on any atom is 0.155 e. The highest BCUT2D eigenvalue weighted by Gasteiger charge is 2.21. The second kappa shape index (κ2) is 8.67. The molecule has 0 aromatic heterocycles. The average molecular weight is 372 g/mol. The van der Waals surface area contributed by atoms with Crippen molar-refractivity contribution in [1.82, 2.24) is 0 Å². The van der Waals surface area contributed by atoms with Crippen LogP contribution in [0.15, 0.2) is 4.47 Å².